The van der Waals surface area contributed by atoms with E-state index in [4.69, 9.17) is 4.74 Å². The summed E-state index contributed by atoms with van der Waals surface area (Å²) in [5, 5.41) is 3.09. The van der Waals surface area contributed by atoms with Crippen molar-refractivity contribution in [3.63, 3.8) is 0 Å². The summed E-state index contributed by atoms with van der Waals surface area (Å²) in [5.74, 6) is -0.0105. The summed E-state index contributed by atoms with van der Waals surface area (Å²) < 4.78 is 32.9. The summed E-state index contributed by atoms with van der Waals surface area (Å²) in [6.07, 6.45) is 4.60. The van der Waals surface area contributed by atoms with Crippen molar-refractivity contribution in [1.29, 1.82) is 0 Å². The quantitative estimate of drug-likeness (QED) is 0.815. The minimum absolute atomic E-state index is 0.0543. The van der Waals surface area contributed by atoms with Crippen LogP contribution in [0.2, 0.25) is 0 Å². The van der Waals surface area contributed by atoms with Crippen LogP contribution in [0.1, 0.15) is 53.2 Å². The number of methoxy groups -OCH3 is 1. The molecule has 1 aliphatic carbocycles. The first-order valence-electron chi connectivity index (χ1n) is 10.1. The lowest BCUT2D eigenvalue weighted by atomic mass is 9.87. The Balaban J connectivity index is 1.62. The number of ether oxygens (including phenoxy) is 1. The summed E-state index contributed by atoms with van der Waals surface area (Å²) >= 11 is 0. The second-order valence-electron chi connectivity index (χ2n) is 7.59. The summed E-state index contributed by atoms with van der Waals surface area (Å²) in [5.41, 5.74) is 2.73. The Morgan fingerprint density at radius 3 is 2.62 bits per heavy atom. The molecular weight excluding hydrogens is 388 g/mol. The van der Waals surface area contributed by atoms with Gasteiger partial charge in [-0.15, -0.1) is 0 Å². The second-order valence-corrected chi connectivity index (χ2v) is 9.50. The molecule has 1 aliphatic heterocycles. The molecule has 29 heavy (non-hydrogen) atoms. The highest BCUT2D eigenvalue weighted by atomic mass is 32.2. The van der Waals surface area contributed by atoms with E-state index in [1.807, 2.05) is 12.1 Å². The molecule has 1 unspecified atom stereocenters. The third-order valence-electron chi connectivity index (χ3n) is 5.78. The highest BCUT2D eigenvalue weighted by Gasteiger charge is 2.31. The lowest BCUT2D eigenvalue weighted by Crippen LogP contribution is -2.31. The number of benzene rings is 2. The van der Waals surface area contributed by atoms with Gasteiger partial charge in [0.05, 0.1) is 13.2 Å². The molecule has 0 aromatic heterocycles. The molecule has 6 nitrogen and oxygen atoms in total. The van der Waals surface area contributed by atoms with Crippen LogP contribution in [-0.4, -0.2) is 38.8 Å². The molecule has 1 saturated heterocycles. The molecule has 1 N–H and O–H groups in total. The number of hydrogen-bond acceptors (Lipinski definition) is 4. The van der Waals surface area contributed by atoms with Crippen molar-refractivity contribution < 1.29 is 17.9 Å². The standard InChI is InChI=1S/C22H26N2O4S/c1-28-20-12-11-17(15-21(20)29(26,27)24-13-4-5-14-24)22(25)23-19-10-6-8-16-7-2-3-9-18(16)19/h2-3,7,9,11-12,15,19H,4-6,8,10,13-14H2,1H3,(H,23,25). The molecule has 7 heteroatoms. The van der Waals surface area contributed by atoms with Crippen LogP contribution in [0.25, 0.3) is 0 Å². The van der Waals surface area contributed by atoms with Crippen molar-refractivity contribution in [2.24, 2.45) is 0 Å². The third kappa shape index (κ3) is 3.89. The Morgan fingerprint density at radius 1 is 1.10 bits per heavy atom. The van der Waals surface area contributed by atoms with E-state index in [1.54, 1.807) is 12.1 Å². The van der Waals surface area contributed by atoms with E-state index in [0.717, 1.165) is 37.7 Å². The average molecular weight is 415 g/mol. The van der Waals surface area contributed by atoms with Gasteiger partial charge < -0.3 is 10.1 Å². The Morgan fingerprint density at radius 2 is 1.86 bits per heavy atom. The molecule has 1 fully saturated rings. The van der Waals surface area contributed by atoms with Crippen molar-refractivity contribution >= 4 is 15.9 Å². The molecule has 2 aromatic carbocycles. The summed E-state index contributed by atoms with van der Waals surface area (Å²) in [4.78, 5) is 13.0. The Kier molecular flexibility index (Phi) is 5.61. The number of aryl methyl sites for hydroxylation is 1. The molecule has 4 rings (SSSR count). The lowest BCUT2D eigenvalue weighted by molar-refractivity contribution is 0.0932. The maximum Gasteiger partial charge on any atom is 0.251 e. The van der Waals surface area contributed by atoms with E-state index in [2.05, 4.69) is 17.4 Å². The van der Waals surface area contributed by atoms with Gasteiger partial charge in [0.25, 0.3) is 5.91 Å². The number of nitrogens with zero attached hydrogens (tertiary/aromatic N) is 1. The number of nitrogens with one attached hydrogen (secondary N) is 1. The van der Waals surface area contributed by atoms with E-state index in [1.165, 1.54) is 23.0 Å². The van der Waals surface area contributed by atoms with E-state index < -0.39 is 10.0 Å². The zero-order valence-corrected chi connectivity index (χ0v) is 17.4. The average Bonchev–Trinajstić information content (AvgIpc) is 3.29. The molecule has 154 valence electrons. The number of fused-ring (bicyclic) bond motifs is 1. The van der Waals surface area contributed by atoms with Crippen LogP contribution < -0.4 is 10.1 Å². The summed E-state index contributed by atoms with van der Waals surface area (Å²) in [7, 11) is -2.25. The number of carbonyl (C=O) groups is 1. The fraction of sp³-hybridized carbons (Fsp3) is 0.409. The minimum Gasteiger partial charge on any atom is -0.495 e. The first-order valence-corrected chi connectivity index (χ1v) is 11.5. The van der Waals surface area contributed by atoms with E-state index in [-0.39, 0.29) is 22.6 Å². The Labute approximate surface area is 171 Å². The number of rotatable bonds is 5. The maximum absolute atomic E-state index is 13.1. The SMILES string of the molecule is COc1ccc(C(=O)NC2CCCc3ccccc32)cc1S(=O)(=O)N1CCCC1. The zero-order chi connectivity index (χ0) is 20.4. The molecule has 0 radical (unpaired) electrons. The van der Waals surface area contributed by atoms with Crippen molar-refractivity contribution in [2.45, 2.75) is 43.0 Å². The van der Waals surface area contributed by atoms with Gasteiger partial charge >= 0.3 is 0 Å². The molecule has 1 heterocycles. The van der Waals surface area contributed by atoms with Crippen LogP contribution in [0, 0.1) is 0 Å². The van der Waals surface area contributed by atoms with E-state index in [0.29, 0.717) is 18.7 Å². The first-order chi connectivity index (χ1) is 14.0. The minimum atomic E-state index is -3.69. The normalized spacial score (nSPS) is 19.6. The lowest BCUT2D eigenvalue weighted by Gasteiger charge is -2.26. The summed E-state index contributed by atoms with van der Waals surface area (Å²) in [6, 6.07) is 12.7. The van der Waals surface area contributed by atoms with Gasteiger partial charge in [0.2, 0.25) is 10.0 Å². The van der Waals surface area contributed by atoms with Gasteiger partial charge in [-0.05, 0) is 61.4 Å². The predicted octanol–water partition coefficient (Wildman–Crippen LogP) is 3.29. The fourth-order valence-electron chi connectivity index (χ4n) is 4.23. The monoisotopic (exact) mass is 414 g/mol. The van der Waals surface area contributed by atoms with Gasteiger partial charge in [-0.2, -0.15) is 4.31 Å². The number of amides is 1. The van der Waals surface area contributed by atoms with Crippen LogP contribution in [0.5, 0.6) is 5.75 Å². The van der Waals surface area contributed by atoms with Crippen molar-refractivity contribution in [2.75, 3.05) is 20.2 Å². The van der Waals surface area contributed by atoms with Gasteiger partial charge in [-0.3, -0.25) is 4.79 Å². The molecule has 0 bridgehead atoms. The van der Waals surface area contributed by atoms with Gasteiger partial charge in [0.1, 0.15) is 10.6 Å². The van der Waals surface area contributed by atoms with Crippen LogP contribution >= 0.6 is 0 Å². The van der Waals surface area contributed by atoms with Crippen LogP contribution in [-0.2, 0) is 16.4 Å². The molecule has 2 aliphatic rings. The van der Waals surface area contributed by atoms with Gasteiger partial charge in [0, 0.05) is 18.7 Å². The highest BCUT2D eigenvalue weighted by Crippen LogP contribution is 2.32. The smallest absolute Gasteiger partial charge is 0.251 e. The molecular formula is C22H26N2O4S. The first kappa shape index (κ1) is 19.9. The largest absolute Gasteiger partial charge is 0.495 e. The number of sulfonamides is 1. The molecule has 0 saturated carbocycles. The van der Waals surface area contributed by atoms with Gasteiger partial charge in [-0.25, -0.2) is 8.42 Å². The topological polar surface area (TPSA) is 75.7 Å². The van der Waals surface area contributed by atoms with E-state index >= 15 is 0 Å². The molecule has 1 atom stereocenters. The van der Waals surface area contributed by atoms with Crippen molar-refractivity contribution in [1.82, 2.24) is 9.62 Å². The number of hydrogen-bond donors (Lipinski definition) is 1. The highest BCUT2D eigenvalue weighted by molar-refractivity contribution is 7.89. The van der Waals surface area contributed by atoms with Gasteiger partial charge in [-0.1, -0.05) is 24.3 Å². The van der Waals surface area contributed by atoms with Crippen LogP contribution in [0.4, 0.5) is 0 Å². The molecule has 0 spiro atoms. The van der Waals surface area contributed by atoms with Crippen molar-refractivity contribution in [3.05, 3.63) is 59.2 Å². The fourth-order valence-corrected chi connectivity index (χ4v) is 5.93. The van der Waals surface area contributed by atoms with Gasteiger partial charge in [0.15, 0.2) is 0 Å². The Bertz CT molecular complexity index is 1010. The summed E-state index contributed by atoms with van der Waals surface area (Å²) in [6.45, 7) is 1.00. The second kappa shape index (κ2) is 8.16. The maximum atomic E-state index is 13.1. The molecule has 2 aromatic rings. The number of carbonyl (C=O) groups excluding carboxylic acids is 1. The van der Waals surface area contributed by atoms with E-state index in [9.17, 15) is 13.2 Å². The van der Waals surface area contributed by atoms with Crippen LogP contribution in [0.15, 0.2) is 47.4 Å². The van der Waals surface area contributed by atoms with Crippen LogP contribution in [0.3, 0.4) is 0 Å². The predicted molar refractivity (Wildman–Crippen MR) is 111 cm³/mol. The Hall–Kier alpha value is -2.38. The third-order valence-corrected chi connectivity index (χ3v) is 7.70. The zero-order valence-electron chi connectivity index (χ0n) is 16.6. The van der Waals surface area contributed by atoms with Crippen molar-refractivity contribution in [3.8, 4) is 5.75 Å². The molecule has 1 amide bonds.